The molecule has 0 radical (unpaired) electrons. The van der Waals surface area contributed by atoms with E-state index in [1.807, 2.05) is 0 Å². The van der Waals surface area contributed by atoms with Crippen LogP contribution in [-0.4, -0.2) is 23.6 Å². The predicted molar refractivity (Wildman–Crippen MR) is 74.8 cm³/mol. The molecule has 2 saturated carbocycles. The summed E-state index contributed by atoms with van der Waals surface area (Å²) >= 11 is 0. The van der Waals surface area contributed by atoms with Crippen LogP contribution in [0.15, 0.2) is 18.2 Å². The van der Waals surface area contributed by atoms with Crippen molar-refractivity contribution in [3.8, 4) is 0 Å². The van der Waals surface area contributed by atoms with Crippen LogP contribution >= 0.6 is 0 Å². The number of rotatable bonds is 7. The number of nitrogens with one attached hydrogen (secondary N) is 1. The summed E-state index contributed by atoms with van der Waals surface area (Å²) < 4.78 is 0. The van der Waals surface area contributed by atoms with E-state index in [1.54, 1.807) is 0 Å². The molecule has 3 rings (SSSR count). The van der Waals surface area contributed by atoms with Gasteiger partial charge >= 0.3 is 0 Å². The fourth-order valence-corrected chi connectivity index (χ4v) is 2.37. The van der Waals surface area contributed by atoms with Crippen molar-refractivity contribution in [1.82, 2.24) is 10.3 Å². The zero-order chi connectivity index (χ0) is 12.4. The first-order valence-corrected chi connectivity index (χ1v) is 7.33. The third-order valence-corrected chi connectivity index (χ3v) is 3.69. The van der Waals surface area contributed by atoms with Crippen LogP contribution in [0.3, 0.4) is 0 Å². The maximum atomic E-state index is 4.82. The molecule has 0 spiro atoms. The van der Waals surface area contributed by atoms with Gasteiger partial charge in [-0.15, -0.1) is 0 Å². The minimum atomic E-state index is 0.754. The molecule has 0 aliphatic heterocycles. The van der Waals surface area contributed by atoms with E-state index in [0.29, 0.717) is 0 Å². The molecule has 2 fully saturated rings. The van der Waals surface area contributed by atoms with E-state index in [-0.39, 0.29) is 0 Å². The molecule has 98 valence electrons. The molecule has 2 aliphatic carbocycles. The molecule has 1 aromatic heterocycles. The monoisotopic (exact) mass is 245 g/mol. The first-order chi connectivity index (χ1) is 8.86. The number of hydrogen-bond acceptors (Lipinski definition) is 3. The Labute approximate surface area is 110 Å². The normalized spacial score (nSPS) is 18.9. The lowest BCUT2D eigenvalue weighted by Gasteiger charge is -2.23. The van der Waals surface area contributed by atoms with E-state index in [4.69, 9.17) is 4.98 Å². The lowest BCUT2D eigenvalue weighted by Crippen LogP contribution is -2.28. The van der Waals surface area contributed by atoms with Gasteiger partial charge in [0.2, 0.25) is 0 Å². The Kier molecular flexibility index (Phi) is 3.50. The van der Waals surface area contributed by atoms with Gasteiger partial charge in [0.25, 0.3) is 0 Å². The topological polar surface area (TPSA) is 28.2 Å². The van der Waals surface area contributed by atoms with Crippen LogP contribution in [0.1, 0.15) is 44.7 Å². The molecule has 3 nitrogen and oxygen atoms in total. The van der Waals surface area contributed by atoms with Crippen LogP contribution < -0.4 is 10.2 Å². The van der Waals surface area contributed by atoms with Crippen molar-refractivity contribution in [3.05, 3.63) is 23.9 Å². The van der Waals surface area contributed by atoms with E-state index in [0.717, 1.165) is 25.2 Å². The number of aromatic nitrogens is 1. The van der Waals surface area contributed by atoms with Crippen LogP contribution in [0.5, 0.6) is 0 Å². The average Bonchev–Trinajstić information content (AvgIpc) is 3.28. The molecule has 0 unspecified atom stereocenters. The van der Waals surface area contributed by atoms with E-state index < -0.39 is 0 Å². The molecule has 2 aliphatic rings. The van der Waals surface area contributed by atoms with Gasteiger partial charge in [-0.1, -0.05) is 13.0 Å². The Balaban J connectivity index is 1.67. The summed E-state index contributed by atoms with van der Waals surface area (Å²) in [6.45, 7) is 4.30. The standard InChI is InChI=1S/C15H23N3/c1-2-10-18(14-8-9-14)15-5-3-4-13(17-15)11-16-12-6-7-12/h3-5,12,14,16H,2,6-11H2,1H3. The Hall–Kier alpha value is -1.09. The van der Waals surface area contributed by atoms with Crippen molar-refractivity contribution < 1.29 is 0 Å². The summed E-state index contributed by atoms with van der Waals surface area (Å²) in [6.07, 6.45) is 6.55. The van der Waals surface area contributed by atoms with E-state index in [2.05, 4.69) is 35.3 Å². The molecule has 0 saturated heterocycles. The molecule has 0 amide bonds. The van der Waals surface area contributed by atoms with Crippen LogP contribution in [0, 0.1) is 0 Å². The van der Waals surface area contributed by atoms with Crippen molar-refractivity contribution in [3.63, 3.8) is 0 Å². The predicted octanol–water partition coefficient (Wildman–Crippen LogP) is 2.71. The second kappa shape index (κ2) is 5.27. The minimum absolute atomic E-state index is 0.754. The first-order valence-electron chi connectivity index (χ1n) is 7.33. The zero-order valence-electron chi connectivity index (χ0n) is 11.2. The number of anilines is 1. The lowest BCUT2D eigenvalue weighted by atomic mass is 10.3. The molecule has 0 atom stereocenters. The highest BCUT2D eigenvalue weighted by Gasteiger charge is 2.29. The lowest BCUT2D eigenvalue weighted by molar-refractivity contribution is 0.670. The molecule has 1 heterocycles. The summed E-state index contributed by atoms with van der Waals surface area (Å²) in [7, 11) is 0. The number of nitrogens with zero attached hydrogens (tertiary/aromatic N) is 2. The molecule has 18 heavy (non-hydrogen) atoms. The minimum Gasteiger partial charge on any atom is -0.354 e. The second-order valence-corrected chi connectivity index (χ2v) is 5.57. The van der Waals surface area contributed by atoms with Gasteiger partial charge in [0.05, 0.1) is 5.69 Å². The van der Waals surface area contributed by atoms with Crippen molar-refractivity contribution in [2.45, 2.75) is 57.7 Å². The van der Waals surface area contributed by atoms with Gasteiger partial charge in [-0.3, -0.25) is 0 Å². The molecule has 0 bridgehead atoms. The molecule has 1 N–H and O–H groups in total. The van der Waals surface area contributed by atoms with Crippen molar-refractivity contribution >= 4 is 5.82 Å². The van der Waals surface area contributed by atoms with E-state index in [9.17, 15) is 0 Å². The van der Waals surface area contributed by atoms with E-state index in [1.165, 1.54) is 43.6 Å². The van der Waals surface area contributed by atoms with Gasteiger partial charge in [0.1, 0.15) is 5.82 Å². The Morgan fingerprint density at radius 2 is 2.11 bits per heavy atom. The van der Waals surface area contributed by atoms with Gasteiger partial charge in [-0.05, 0) is 44.2 Å². The van der Waals surface area contributed by atoms with Gasteiger partial charge in [-0.2, -0.15) is 0 Å². The van der Waals surface area contributed by atoms with Crippen LogP contribution in [0.2, 0.25) is 0 Å². The van der Waals surface area contributed by atoms with Crippen molar-refractivity contribution in [2.75, 3.05) is 11.4 Å². The van der Waals surface area contributed by atoms with Gasteiger partial charge in [-0.25, -0.2) is 4.98 Å². The van der Waals surface area contributed by atoms with Gasteiger partial charge in [0, 0.05) is 25.2 Å². The Morgan fingerprint density at radius 3 is 2.78 bits per heavy atom. The van der Waals surface area contributed by atoms with E-state index >= 15 is 0 Å². The highest BCUT2D eigenvalue weighted by Crippen LogP contribution is 2.30. The summed E-state index contributed by atoms with van der Waals surface area (Å²) in [5.41, 5.74) is 1.18. The molecule has 1 aromatic rings. The highest BCUT2D eigenvalue weighted by molar-refractivity contribution is 5.42. The third kappa shape index (κ3) is 3.02. The Bertz CT molecular complexity index is 396. The van der Waals surface area contributed by atoms with Gasteiger partial charge < -0.3 is 10.2 Å². The third-order valence-electron chi connectivity index (χ3n) is 3.69. The molecule has 0 aromatic carbocycles. The second-order valence-electron chi connectivity index (χ2n) is 5.57. The molecular formula is C15H23N3. The molecular weight excluding hydrogens is 222 g/mol. The summed E-state index contributed by atoms with van der Waals surface area (Å²) in [4.78, 5) is 7.30. The number of hydrogen-bond donors (Lipinski definition) is 1. The summed E-state index contributed by atoms with van der Waals surface area (Å²) in [5, 5.41) is 3.53. The summed E-state index contributed by atoms with van der Waals surface area (Å²) in [5.74, 6) is 1.18. The maximum Gasteiger partial charge on any atom is 0.129 e. The zero-order valence-corrected chi connectivity index (χ0v) is 11.2. The smallest absolute Gasteiger partial charge is 0.129 e. The highest BCUT2D eigenvalue weighted by atomic mass is 15.2. The average molecular weight is 245 g/mol. The summed E-state index contributed by atoms with van der Waals surface area (Å²) in [6, 6.07) is 7.96. The van der Waals surface area contributed by atoms with Crippen molar-refractivity contribution in [2.24, 2.45) is 0 Å². The van der Waals surface area contributed by atoms with Crippen LogP contribution in [-0.2, 0) is 6.54 Å². The fourth-order valence-electron chi connectivity index (χ4n) is 2.37. The van der Waals surface area contributed by atoms with Crippen LogP contribution in [0.25, 0.3) is 0 Å². The van der Waals surface area contributed by atoms with Crippen molar-refractivity contribution in [1.29, 1.82) is 0 Å². The van der Waals surface area contributed by atoms with Crippen LogP contribution in [0.4, 0.5) is 5.82 Å². The maximum absolute atomic E-state index is 4.82. The fraction of sp³-hybridized carbons (Fsp3) is 0.667. The first kappa shape index (κ1) is 12.0. The quantitative estimate of drug-likeness (QED) is 0.800. The Morgan fingerprint density at radius 1 is 1.28 bits per heavy atom. The SMILES string of the molecule is CCCN(c1cccc(CNC2CC2)n1)C1CC1. The molecule has 3 heteroatoms. The largest absolute Gasteiger partial charge is 0.354 e. The number of pyridine rings is 1. The van der Waals surface area contributed by atoms with Gasteiger partial charge in [0.15, 0.2) is 0 Å².